The van der Waals surface area contributed by atoms with Gasteiger partial charge in [-0.3, -0.25) is 4.79 Å². The molecule has 0 fully saturated rings. The Labute approximate surface area is 123 Å². The monoisotopic (exact) mass is 300 g/mol. The third-order valence-corrected chi connectivity index (χ3v) is 3.10. The highest BCUT2D eigenvalue weighted by molar-refractivity contribution is 5.80. The maximum atomic E-state index is 13.9. The van der Waals surface area contributed by atoms with Crippen molar-refractivity contribution in [2.24, 2.45) is 5.73 Å². The molecule has 0 aliphatic carbocycles. The number of nitrogens with one attached hydrogen (secondary N) is 1. The summed E-state index contributed by atoms with van der Waals surface area (Å²) in [5, 5.41) is 2.52. The number of carbonyl (C=O) groups excluding carboxylic acids is 1. The Hall–Kier alpha value is -1.69. The van der Waals surface area contributed by atoms with Gasteiger partial charge in [0.05, 0.1) is 0 Å². The van der Waals surface area contributed by atoms with E-state index in [1.165, 1.54) is 19.1 Å². The Kier molecular flexibility index (Phi) is 6.55. The molecule has 1 aromatic carbocycles. The summed E-state index contributed by atoms with van der Waals surface area (Å²) in [6, 6.07) is 2.24. The van der Waals surface area contributed by atoms with Crippen LogP contribution >= 0.6 is 0 Å². The summed E-state index contributed by atoms with van der Waals surface area (Å²) in [5.74, 6) is -2.62. The van der Waals surface area contributed by atoms with Crippen LogP contribution in [0.5, 0.6) is 5.75 Å². The molecule has 0 saturated carbocycles. The van der Waals surface area contributed by atoms with E-state index in [1.54, 1.807) is 6.92 Å². The SMILES string of the molecule is CCNC(=O)C(C)Oc1c(F)cc(CC(N)CC)cc1F. The molecule has 0 saturated heterocycles. The zero-order valence-electron chi connectivity index (χ0n) is 12.6. The maximum absolute atomic E-state index is 13.9. The average Bonchev–Trinajstić information content (AvgIpc) is 2.42. The zero-order chi connectivity index (χ0) is 16.0. The van der Waals surface area contributed by atoms with Gasteiger partial charge in [0.25, 0.3) is 5.91 Å². The lowest BCUT2D eigenvalue weighted by atomic mass is 10.0. The minimum Gasteiger partial charge on any atom is -0.475 e. The van der Waals surface area contributed by atoms with E-state index < -0.39 is 29.4 Å². The Morgan fingerprint density at radius 2 is 1.90 bits per heavy atom. The number of rotatable bonds is 7. The van der Waals surface area contributed by atoms with E-state index in [0.29, 0.717) is 18.5 Å². The minimum absolute atomic E-state index is 0.148. The van der Waals surface area contributed by atoms with E-state index >= 15 is 0 Å². The van der Waals surface area contributed by atoms with Gasteiger partial charge in [-0.25, -0.2) is 8.78 Å². The summed E-state index contributed by atoms with van der Waals surface area (Å²) in [6.07, 6.45) is 0.129. The van der Waals surface area contributed by atoms with Gasteiger partial charge < -0.3 is 15.8 Å². The van der Waals surface area contributed by atoms with Crippen molar-refractivity contribution in [2.75, 3.05) is 6.54 Å². The van der Waals surface area contributed by atoms with Crippen LogP contribution in [0.2, 0.25) is 0 Å². The van der Waals surface area contributed by atoms with Crippen LogP contribution in [0, 0.1) is 11.6 Å². The first-order chi connectivity index (χ1) is 9.88. The predicted octanol–water partition coefficient (Wildman–Crippen LogP) is 2.15. The maximum Gasteiger partial charge on any atom is 0.260 e. The second-order valence-corrected chi connectivity index (χ2v) is 4.92. The van der Waals surface area contributed by atoms with Crippen molar-refractivity contribution >= 4 is 5.91 Å². The number of nitrogens with two attached hydrogens (primary N) is 1. The van der Waals surface area contributed by atoms with E-state index in [4.69, 9.17) is 10.5 Å². The first-order valence-electron chi connectivity index (χ1n) is 7.06. The number of carbonyl (C=O) groups is 1. The lowest BCUT2D eigenvalue weighted by Gasteiger charge is -2.16. The minimum atomic E-state index is -0.974. The van der Waals surface area contributed by atoms with E-state index in [1.807, 2.05) is 6.92 Å². The first-order valence-corrected chi connectivity index (χ1v) is 7.06. The lowest BCUT2D eigenvalue weighted by Crippen LogP contribution is -2.36. The largest absolute Gasteiger partial charge is 0.475 e. The second kappa shape index (κ2) is 7.93. The second-order valence-electron chi connectivity index (χ2n) is 4.92. The standard InChI is InChI=1S/C15H22F2N2O2/c1-4-11(18)6-10-7-12(16)14(13(17)8-10)21-9(3)15(20)19-5-2/h7-9,11H,4-6,18H2,1-3H3,(H,19,20). The molecular weight excluding hydrogens is 278 g/mol. The molecular formula is C15H22F2N2O2. The molecule has 6 heteroatoms. The molecule has 2 atom stereocenters. The van der Waals surface area contributed by atoms with Gasteiger partial charge in [-0.05, 0) is 44.4 Å². The molecule has 118 valence electrons. The van der Waals surface area contributed by atoms with E-state index in [2.05, 4.69) is 5.32 Å². The fourth-order valence-electron chi connectivity index (χ4n) is 1.84. The van der Waals surface area contributed by atoms with Crippen LogP contribution in [0.4, 0.5) is 8.78 Å². The van der Waals surface area contributed by atoms with Gasteiger partial charge in [0.15, 0.2) is 23.5 Å². The summed E-state index contributed by atoms with van der Waals surface area (Å²) < 4.78 is 33.0. The van der Waals surface area contributed by atoms with Gasteiger partial charge in [-0.2, -0.15) is 0 Å². The number of likely N-dealkylation sites (N-methyl/N-ethyl adjacent to an activating group) is 1. The van der Waals surface area contributed by atoms with Crippen LogP contribution < -0.4 is 15.8 Å². The Balaban J connectivity index is 2.87. The average molecular weight is 300 g/mol. The predicted molar refractivity (Wildman–Crippen MR) is 77.1 cm³/mol. The van der Waals surface area contributed by atoms with Crippen molar-refractivity contribution in [2.45, 2.75) is 45.8 Å². The van der Waals surface area contributed by atoms with E-state index in [-0.39, 0.29) is 6.04 Å². The van der Waals surface area contributed by atoms with Gasteiger partial charge in [0.2, 0.25) is 0 Å². The third-order valence-electron chi connectivity index (χ3n) is 3.10. The van der Waals surface area contributed by atoms with Crippen molar-refractivity contribution in [1.82, 2.24) is 5.32 Å². The topological polar surface area (TPSA) is 64.3 Å². The highest BCUT2D eigenvalue weighted by Crippen LogP contribution is 2.25. The Morgan fingerprint density at radius 1 is 1.33 bits per heavy atom. The van der Waals surface area contributed by atoms with Crippen molar-refractivity contribution in [3.8, 4) is 5.75 Å². The summed E-state index contributed by atoms with van der Waals surface area (Å²) in [6.45, 7) is 5.51. The molecule has 2 unspecified atom stereocenters. The number of benzene rings is 1. The molecule has 1 aromatic rings. The molecule has 0 radical (unpaired) electrons. The van der Waals surface area contributed by atoms with Crippen LogP contribution in [0.3, 0.4) is 0 Å². The van der Waals surface area contributed by atoms with Gasteiger partial charge in [0, 0.05) is 12.6 Å². The number of hydrogen-bond donors (Lipinski definition) is 2. The van der Waals surface area contributed by atoms with Crippen LogP contribution in [0.1, 0.15) is 32.8 Å². The highest BCUT2D eigenvalue weighted by Gasteiger charge is 2.20. The van der Waals surface area contributed by atoms with Crippen LogP contribution in [-0.4, -0.2) is 24.6 Å². The molecule has 1 rings (SSSR count). The normalized spacial score (nSPS) is 13.6. The molecule has 0 heterocycles. The molecule has 21 heavy (non-hydrogen) atoms. The van der Waals surface area contributed by atoms with Crippen molar-refractivity contribution in [3.05, 3.63) is 29.3 Å². The zero-order valence-corrected chi connectivity index (χ0v) is 12.6. The number of halogens is 2. The Bertz CT molecular complexity index is 472. The Morgan fingerprint density at radius 3 is 2.38 bits per heavy atom. The lowest BCUT2D eigenvalue weighted by molar-refractivity contribution is -0.127. The van der Waals surface area contributed by atoms with Gasteiger partial charge >= 0.3 is 0 Å². The molecule has 0 aliphatic heterocycles. The van der Waals surface area contributed by atoms with Crippen LogP contribution in [-0.2, 0) is 11.2 Å². The molecule has 4 nitrogen and oxygen atoms in total. The number of ether oxygens (including phenoxy) is 1. The van der Waals surface area contributed by atoms with Crippen molar-refractivity contribution in [3.63, 3.8) is 0 Å². The summed E-state index contributed by atoms with van der Waals surface area (Å²) in [5.41, 5.74) is 6.24. The number of hydrogen-bond acceptors (Lipinski definition) is 3. The number of amides is 1. The fraction of sp³-hybridized carbons (Fsp3) is 0.533. The smallest absolute Gasteiger partial charge is 0.260 e. The molecule has 1 amide bonds. The van der Waals surface area contributed by atoms with Crippen molar-refractivity contribution in [1.29, 1.82) is 0 Å². The quantitative estimate of drug-likeness (QED) is 0.811. The van der Waals surface area contributed by atoms with E-state index in [0.717, 1.165) is 6.42 Å². The van der Waals surface area contributed by atoms with Crippen molar-refractivity contribution < 1.29 is 18.3 Å². The van der Waals surface area contributed by atoms with Crippen LogP contribution in [0.15, 0.2) is 12.1 Å². The van der Waals surface area contributed by atoms with Gasteiger partial charge in [0.1, 0.15) is 0 Å². The first kappa shape index (κ1) is 17.4. The molecule has 0 aromatic heterocycles. The van der Waals surface area contributed by atoms with E-state index in [9.17, 15) is 13.6 Å². The van der Waals surface area contributed by atoms with Gasteiger partial charge in [-0.1, -0.05) is 6.92 Å². The fourth-order valence-corrected chi connectivity index (χ4v) is 1.84. The summed E-state index contributed by atoms with van der Waals surface area (Å²) >= 11 is 0. The highest BCUT2D eigenvalue weighted by atomic mass is 19.1. The molecule has 0 aliphatic rings. The summed E-state index contributed by atoms with van der Waals surface area (Å²) in [7, 11) is 0. The molecule has 0 bridgehead atoms. The van der Waals surface area contributed by atoms with Crippen LogP contribution in [0.25, 0.3) is 0 Å². The molecule has 0 spiro atoms. The molecule has 3 N–H and O–H groups in total. The summed E-state index contributed by atoms with van der Waals surface area (Å²) in [4.78, 5) is 11.5. The third kappa shape index (κ3) is 4.97. The van der Waals surface area contributed by atoms with Gasteiger partial charge in [-0.15, -0.1) is 0 Å².